The van der Waals surface area contributed by atoms with Crippen LogP contribution in [-0.2, 0) is 4.74 Å². The van der Waals surface area contributed by atoms with E-state index in [1.54, 1.807) is 0 Å². The van der Waals surface area contributed by atoms with Gasteiger partial charge in [0.1, 0.15) is 12.5 Å². The predicted molar refractivity (Wildman–Crippen MR) is 50.6 cm³/mol. The van der Waals surface area contributed by atoms with Crippen molar-refractivity contribution in [3.05, 3.63) is 35.6 Å². The number of allylic oxidation sites excluding steroid dienone is 4. The summed E-state index contributed by atoms with van der Waals surface area (Å²) in [4.78, 5) is 0. The van der Waals surface area contributed by atoms with Crippen molar-refractivity contribution < 1.29 is 4.74 Å². The van der Waals surface area contributed by atoms with Crippen LogP contribution in [0.3, 0.4) is 0 Å². The van der Waals surface area contributed by atoms with E-state index in [-0.39, 0.29) is 0 Å². The molecule has 1 heterocycles. The van der Waals surface area contributed by atoms with Crippen molar-refractivity contribution in [2.24, 2.45) is 0 Å². The second kappa shape index (κ2) is 4.78. The van der Waals surface area contributed by atoms with Gasteiger partial charge < -0.3 is 4.74 Å². The van der Waals surface area contributed by atoms with Gasteiger partial charge >= 0.3 is 0 Å². The van der Waals surface area contributed by atoms with E-state index in [2.05, 4.69) is 11.4 Å². The summed E-state index contributed by atoms with van der Waals surface area (Å²) in [7, 11) is 0. The fourth-order valence-electron chi connectivity index (χ4n) is 1.12. The van der Waals surface area contributed by atoms with Gasteiger partial charge in [0, 0.05) is 12.1 Å². The van der Waals surface area contributed by atoms with Crippen LogP contribution in [0.15, 0.2) is 35.6 Å². The van der Waals surface area contributed by atoms with E-state index in [1.165, 1.54) is 5.57 Å². The molecule has 0 aromatic rings. The monoisotopic (exact) mass is 165 g/mol. The van der Waals surface area contributed by atoms with Gasteiger partial charge in [0.2, 0.25) is 0 Å². The van der Waals surface area contributed by atoms with Gasteiger partial charge in [-0.3, -0.25) is 5.32 Å². The van der Waals surface area contributed by atoms with Gasteiger partial charge in [-0.05, 0) is 19.9 Å². The second-order valence-corrected chi connectivity index (χ2v) is 2.59. The fraction of sp³-hybridized carbons (Fsp3) is 0.400. The Bertz CT molecular complexity index is 226. The lowest BCUT2D eigenvalue weighted by atomic mass is 10.1. The van der Waals surface area contributed by atoms with Crippen molar-refractivity contribution >= 4 is 0 Å². The van der Waals surface area contributed by atoms with Crippen molar-refractivity contribution in [2.75, 3.05) is 13.3 Å². The number of rotatable bonds is 1. The average Bonchev–Trinajstić information content (AvgIpc) is 2.15. The summed E-state index contributed by atoms with van der Waals surface area (Å²) in [5, 5.41) is 3.14. The van der Waals surface area contributed by atoms with Crippen LogP contribution in [0.5, 0.6) is 0 Å². The Kier molecular flexibility index (Phi) is 3.61. The van der Waals surface area contributed by atoms with Crippen LogP contribution in [0, 0.1) is 0 Å². The van der Waals surface area contributed by atoms with Crippen LogP contribution in [0.25, 0.3) is 0 Å². The normalized spacial score (nSPS) is 25.2. The Morgan fingerprint density at radius 2 is 2.25 bits per heavy atom. The molecule has 0 bridgehead atoms. The predicted octanol–water partition coefficient (Wildman–Crippen LogP) is 1.97. The zero-order valence-corrected chi connectivity index (χ0v) is 7.63. The van der Waals surface area contributed by atoms with E-state index in [0.717, 1.165) is 12.3 Å². The van der Waals surface area contributed by atoms with Crippen molar-refractivity contribution in [3.63, 3.8) is 0 Å². The summed E-state index contributed by atoms with van der Waals surface area (Å²) in [5.74, 6) is 0.992. The van der Waals surface area contributed by atoms with Crippen LogP contribution in [0.4, 0.5) is 0 Å². The topological polar surface area (TPSA) is 21.3 Å². The van der Waals surface area contributed by atoms with Gasteiger partial charge in [-0.15, -0.1) is 0 Å². The van der Waals surface area contributed by atoms with Crippen LogP contribution in [0.2, 0.25) is 0 Å². The van der Waals surface area contributed by atoms with Crippen LogP contribution in [0.1, 0.15) is 13.8 Å². The maximum Gasteiger partial charge on any atom is 0.139 e. The summed E-state index contributed by atoms with van der Waals surface area (Å²) < 4.78 is 5.38. The SMILES string of the molecule is C\C=C/C=C1/CNCO/C1=C/C. The summed E-state index contributed by atoms with van der Waals surface area (Å²) in [5.41, 5.74) is 1.21. The maximum absolute atomic E-state index is 5.38. The number of ether oxygens (including phenoxy) is 1. The first kappa shape index (κ1) is 9.07. The highest BCUT2D eigenvalue weighted by atomic mass is 16.5. The minimum Gasteiger partial charge on any atom is -0.478 e. The lowest BCUT2D eigenvalue weighted by Gasteiger charge is -2.19. The molecule has 1 fully saturated rings. The molecule has 1 saturated heterocycles. The van der Waals surface area contributed by atoms with Gasteiger partial charge in [0.25, 0.3) is 0 Å². The molecular weight excluding hydrogens is 150 g/mol. The van der Waals surface area contributed by atoms with E-state index in [4.69, 9.17) is 4.74 Å². The highest BCUT2D eigenvalue weighted by molar-refractivity contribution is 5.31. The lowest BCUT2D eigenvalue weighted by molar-refractivity contribution is 0.176. The summed E-state index contributed by atoms with van der Waals surface area (Å²) in [6.45, 7) is 5.50. The van der Waals surface area contributed by atoms with Crippen molar-refractivity contribution in [2.45, 2.75) is 13.8 Å². The molecule has 1 N–H and O–H groups in total. The van der Waals surface area contributed by atoms with Gasteiger partial charge in [-0.25, -0.2) is 0 Å². The quantitative estimate of drug-likeness (QED) is 0.641. The van der Waals surface area contributed by atoms with Crippen molar-refractivity contribution in [1.29, 1.82) is 0 Å². The smallest absolute Gasteiger partial charge is 0.139 e. The number of nitrogens with one attached hydrogen (secondary N) is 1. The Balaban J connectivity index is 2.71. The van der Waals surface area contributed by atoms with Gasteiger partial charge in [0.15, 0.2) is 0 Å². The molecule has 12 heavy (non-hydrogen) atoms. The highest BCUT2D eigenvalue weighted by Gasteiger charge is 2.09. The van der Waals surface area contributed by atoms with Gasteiger partial charge in [0.05, 0.1) is 0 Å². The van der Waals surface area contributed by atoms with E-state index >= 15 is 0 Å². The Hall–Kier alpha value is -1.02. The van der Waals surface area contributed by atoms with E-state index in [9.17, 15) is 0 Å². The zero-order valence-electron chi connectivity index (χ0n) is 7.63. The molecule has 2 heteroatoms. The Morgan fingerprint density at radius 1 is 1.42 bits per heavy atom. The van der Waals surface area contributed by atoms with Gasteiger partial charge in [-0.2, -0.15) is 0 Å². The molecule has 0 saturated carbocycles. The Labute approximate surface area is 73.6 Å². The zero-order chi connectivity index (χ0) is 8.81. The van der Waals surface area contributed by atoms with Crippen LogP contribution in [-0.4, -0.2) is 13.3 Å². The summed E-state index contributed by atoms with van der Waals surface area (Å²) in [6, 6.07) is 0. The maximum atomic E-state index is 5.38. The summed E-state index contributed by atoms with van der Waals surface area (Å²) >= 11 is 0. The third kappa shape index (κ3) is 2.24. The van der Waals surface area contributed by atoms with E-state index in [1.807, 2.05) is 32.1 Å². The van der Waals surface area contributed by atoms with Gasteiger partial charge in [-0.1, -0.05) is 18.2 Å². The molecule has 0 aromatic heterocycles. The first-order chi connectivity index (χ1) is 5.88. The molecule has 2 nitrogen and oxygen atoms in total. The second-order valence-electron chi connectivity index (χ2n) is 2.59. The van der Waals surface area contributed by atoms with Crippen molar-refractivity contribution in [3.8, 4) is 0 Å². The van der Waals surface area contributed by atoms with Crippen molar-refractivity contribution in [1.82, 2.24) is 5.32 Å². The molecule has 66 valence electrons. The molecule has 1 aliphatic rings. The molecule has 0 atom stereocenters. The molecule has 0 unspecified atom stereocenters. The third-order valence-corrected chi connectivity index (χ3v) is 1.71. The molecular formula is C10H15NO. The van der Waals surface area contributed by atoms with Crippen LogP contribution < -0.4 is 5.32 Å². The molecule has 0 radical (unpaired) electrons. The Morgan fingerprint density at radius 3 is 2.92 bits per heavy atom. The largest absolute Gasteiger partial charge is 0.478 e. The minimum atomic E-state index is 0.618. The molecule has 0 amide bonds. The highest BCUT2D eigenvalue weighted by Crippen LogP contribution is 2.13. The average molecular weight is 165 g/mol. The van der Waals surface area contributed by atoms with E-state index in [0.29, 0.717) is 6.73 Å². The third-order valence-electron chi connectivity index (χ3n) is 1.71. The van der Waals surface area contributed by atoms with E-state index < -0.39 is 0 Å². The minimum absolute atomic E-state index is 0.618. The summed E-state index contributed by atoms with van der Waals surface area (Å²) in [6.07, 6.45) is 8.10. The number of hydrogen-bond donors (Lipinski definition) is 1. The molecule has 1 aliphatic heterocycles. The molecule has 0 aliphatic carbocycles. The molecule has 1 rings (SSSR count). The first-order valence-corrected chi connectivity index (χ1v) is 4.20. The number of hydrogen-bond acceptors (Lipinski definition) is 2. The molecule has 0 aromatic carbocycles. The van der Waals surface area contributed by atoms with Crippen LogP contribution >= 0.6 is 0 Å². The molecule has 0 spiro atoms. The standard InChI is InChI=1S/C10H15NO/c1-3-5-6-9-7-11-8-12-10(9)4-2/h3-6,11H,7-8H2,1-2H3/b5-3-,9-6-,10-4+. The first-order valence-electron chi connectivity index (χ1n) is 4.20. The fourth-order valence-corrected chi connectivity index (χ4v) is 1.12. The lowest BCUT2D eigenvalue weighted by Crippen LogP contribution is -2.27.